The van der Waals surface area contributed by atoms with Crippen LogP contribution >= 0.6 is 0 Å². The van der Waals surface area contributed by atoms with Crippen molar-refractivity contribution < 1.29 is 20.5 Å². The zero-order valence-electron chi connectivity index (χ0n) is 8.24. The van der Waals surface area contributed by atoms with Gasteiger partial charge in [0.1, 0.15) is 0 Å². The molecule has 0 saturated carbocycles. The number of anilines is 2. The highest BCUT2D eigenvalue weighted by molar-refractivity contribution is 8.00. The van der Waals surface area contributed by atoms with E-state index < -0.39 is 20.4 Å². The molecule has 0 spiro atoms. The number of nitrogen functional groups attached to an aromatic ring is 1. The lowest BCUT2D eigenvalue weighted by atomic mass is 10.3. The van der Waals surface area contributed by atoms with Gasteiger partial charge in [-0.3, -0.25) is 4.72 Å². The maximum atomic E-state index is 11.2. The van der Waals surface area contributed by atoms with Gasteiger partial charge in [0.25, 0.3) is 10.1 Å². The highest BCUT2D eigenvalue weighted by Gasteiger charge is 2.18. The fourth-order valence-corrected chi connectivity index (χ4v) is 2.74. The molecule has 0 amide bonds. The Morgan fingerprint density at radius 3 is 2.06 bits per heavy atom. The lowest BCUT2D eigenvalue weighted by molar-refractivity contribution is 0.470. The molecule has 3 N–H and O–H groups in total. The van der Waals surface area contributed by atoms with Gasteiger partial charge in [0, 0.05) is 5.69 Å². The summed E-state index contributed by atoms with van der Waals surface area (Å²) in [7, 11) is -8.47. The van der Waals surface area contributed by atoms with Crippen LogP contribution in [0.5, 0.6) is 0 Å². The first kappa shape index (κ1) is 12.7. The molecule has 0 heterocycles. The molecule has 16 heavy (non-hydrogen) atoms. The zero-order valence-corrected chi connectivity index (χ0v) is 9.88. The Hall–Kier alpha value is -1.32. The van der Waals surface area contributed by atoms with Gasteiger partial charge in [-0.25, -0.2) is 0 Å². The normalized spacial score (nSPS) is 12.3. The van der Waals surface area contributed by atoms with Crippen LogP contribution in [0.2, 0.25) is 0 Å². The van der Waals surface area contributed by atoms with E-state index in [4.69, 9.17) is 5.73 Å². The van der Waals surface area contributed by atoms with Crippen LogP contribution in [0.15, 0.2) is 24.3 Å². The Bertz CT molecular complexity index is 561. The average molecular weight is 266 g/mol. The SMILES string of the molecule is CS(=O)(=O)OS(=O)(=O)Nc1ccc(N)cc1. The van der Waals surface area contributed by atoms with Crippen LogP contribution in [0.1, 0.15) is 0 Å². The molecule has 0 atom stereocenters. The molecule has 0 radical (unpaired) electrons. The molecule has 0 aromatic heterocycles. The molecule has 90 valence electrons. The molecule has 1 rings (SSSR count). The van der Waals surface area contributed by atoms with Gasteiger partial charge in [-0.15, -0.1) is 3.63 Å². The zero-order chi connectivity index (χ0) is 12.4. The largest absolute Gasteiger partial charge is 0.399 e. The highest BCUT2D eigenvalue weighted by atomic mass is 32.3. The van der Waals surface area contributed by atoms with Gasteiger partial charge >= 0.3 is 10.3 Å². The Labute approximate surface area is 93.6 Å². The third-order valence-electron chi connectivity index (χ3n) is 1.37. The third kappa shape index (κ3) is 4.47. The molecule has 0 aliphatic rings. The first-order valence-electron chi connectivity index (χ1n) is 3.97. The van der Waals surface area contributed by atoms with E-state index in [1.807, 2.05) is 4.72 Å². The van der Waals surface area contributed by atoms with E-state index in [-0.39, 0.29) is 5.69 Å². The Kier molecular flexibility index (Phi) is 3.41. The van der Waals surface area contributed by atoms with Crippen molar-refractivity contribution in [2.24, 2.45) is 0 Å². The lowest BCUT2D eigenvalue weighted by Gasteiger charge is -2.06. The quantitative estimate of drug-likeness (QED) is 0.735. The van der Waals surface area contributed by atoms with Gasteiger partial charge in [0.2, 0.25) is 0 Å². The molecule has 1 aromatic carbocycles. The molecular formula is C7H10N2O5S2. The monoisotopic (exact) mass is 266 g/mol. The van der Waals surface area contributed by atoms with Gasteiger partial charge in [-0.1, -0.05) is 0 Å². The molecule has 1 aromatic rings. The molecular weight excluding hydrogens is 256 g/mol. The van der Waals surface area contributed by atoms with Crippen molar-refractivity contribution in [1.29, 1.82) is 0 Å². The summed E-state index contributed by atoms with van der Waals surface area (Å²) in [4.78, 5) is 0. The summed E-state index contributed by atoms with van der Waals surface area (Å²) in [6.45, 7) is 0. The van der Waals surface area contributed by atoms with Crippen molar-refractivity contribution in [1.82, 2.24) is 0 Å². The summed E-state index contributed by atoms with van der Waals surface area (Å²) in [5.74, 6) is 0. The highest BCUT2D eigenvalue weighted by Crippen LogP contribution is 2.13. The maximum absolute atomic E-state index is 11.2. The van der Waals surface area contributed by atoms with Crippen molar-refractivity contribution in [2.75, 3.05) is 16.7 Å². The smallest absolute Gasteiger partial charge is 0.374 e. The fourth-order valence-electron chi connectivity index (χ4n) is 0.875. The average Bonchev–Trinajstić information content (AvgIpc) is 2.04. The van der Waals surface area contributed by atoms with Crippen LogP contribution in [-0.2, 0) is 24.1 Å². The topological polar surface area (TPSA) is 116 Å². The van der Waals surface area contributed by atoms with Gasteiger partial charge in [0.15, 0.2) is 0 Å². The number of rotatable bonds is 4. The second-order valence-electron chi connectivity index (χ2n) is 2.95. The number of nitrogens with one attached hydrogen (secondary N) is 1. The summed E-state index contributed by atoms with van der Waals surface area (Å²) in [5.41, 5.74) is 5.99. The Balaban J connectivity index is 2.85. The van der Waals surface area contributed by atoms with E-state index in [0.717, 1.165) is 0 Å². The number of hydrogen-bond donors (Lipinski definition) is 2. The second-order valence-corrected chi connectivity index (χ2v) is 6.02. The van der Waals surface area contributed by atoms with E-state index in [1.165, 1.54) is 24.3 Å². The van der Waals surface area contributed by atoms with Gasteiger partial charge in [-0.2, -0.15) is 16.8 Å². The summed E-state index contributed by atoms with van der Waals surface area (Å²) >= 11 is 0. The molecule has 0 bridgehead atoms. The number of benzene rings is 1. The van der Waals surface area contributed by atoms with E-state index in [2.05, 4.69) is 3.63 Å². The molecule has 0 aliphatic heterocycles. The van der Waals surface area contributed by atoms with Crippen LogP contribution in [0.3, 0.4) is 0 Å². The van der Waals surface area contributed by atoms with Gasteiger partial charge in [-0.05, 0) is 24.3 Å². The van der Waals surface area contributed by atoms with Crippen molar-refractivity contribution in [2.45, 2.75) is 0 Å². The van der Waals surface area contributed by atoms with Crippen molar-refractivity contribution in [3.05, 3.63) is 24.3 Å². The summed E-state index contributed by atoms with van der Waals surface area (Å²) in [6, 6.07) is 5.66. The molecule has 0 aliphatic carbocycles. The lowest BCUT2D eigenvalue weighted by Crippen LogP contribution is -2.19. The van der Waals surface area contributed by atoms with Crippen LogP contribution in [0, 0.1) is 0 Å². The van der Waals surface area contributed by atoms with Crippen molar-refractivity contribution >= 4 is 31.8 Å². The van der Waals surface area contributed by atoms with Crippen molar-refractivity contribution in [3.63, 3.8) is 0 Å². The second kappa shape index (κ2) is 4.28. The van der Waals surface area contributed by atoms with Crippen LogP contribution in [0.4, 0.5) is 11.4 Å². The minimum atomic E-state index is -4.38. The Morgan fingerprint density at radius 1 is 1.12 bits per heavy atom. The van der Waals surface area contributed by atoms with E-state index in [9.17, 15) is 16.8 Å². The maximum Gasteiger partial charge on any atom is 0.374 e. The van der Waals surface area contributed by atoms with Gasteiger partial charge < -0.3 is 5.73 Å². The molecule has 9 heteroatoms. The fraction of sp³-hybridized carbons (Fsp3) is 0.143. The first-order valence-corrected chi connectivity index (χ1v) is 7.20. The predicted molar refractivity (Wildman–Crippen MR) is 59.3 cm³/mol. The van der Waals surface area contributed by atoms with Crippen LogP contribution < -0.4 is 10.5 Å². The summed E-state index contributed by atoms with van der Waals surface area (Å²) < 4.78 is 49.4. The van der Waals surface area contributed by atoms with Gasteiger partial charge in [0.05, 0.1) is 11.9 Å². The van der Waals surface area contributed by atoms with Crippen molar-refractivity contribution in [3.8, 4) is 0 Å². The summed E-state index contributed by atoms with van der Waals surface area (Å²) in [6.07, 6.45) is 0.634. The Morgan fingerprint density at radius 2 is 1.62 bits per heavy atom. The standard InChI is InChI=1S/C7H10N2O5S2/c1-15(10,11)14-16(12,13)9-7-4-2-6(8)3-5-7/h2-5,9H,8H2,1H3. The third-order valence-corrected chi connectivity index (χ3v) is 3.56. The molecule has 0 saturated heterocycles. The predicted octanol–water partition coefficient (Wildman–Crippen LogP) is -0.0983. The minimum absolute atomic E-state index is 0.151. The molecule has 0 fully saturated rings. The minimum Gasteiger partial charge on any atom is -0.399 e. The number of nitrogens with two attached hydrogens (primary N) is 1. The van der Waals surface area contributed by atoms with Crippen LogP contribution in [-0.4, -0.2) is 23.1 Å². The first-order chi connectivity index (χ1) is 7.18. The van der Waals surface area contributed by atoms with Crippen LogP contribution in [0.25, 0.3) is 0 Å². The van der Waals surface area contributed by atoms with E-state index in [1.54, 1.807) is 0 Å². The van der Waals surface area contributed by atoms with E-state index >= 15 is 0 Å². The summed E-state index contributed by atoms with van der Waals surface area (Å²) in [5, 5.41) is 0. The van der Waals surface area contributed by atoms with E-state index in [0.29, 0.717) is 11.9 Å². The molecule has 7 nitrogen and oxygen atoms in total. The number of hydrogen-bond acceptors (Lipinski definition) is 6. The molecule has 0 unspecified atom stereocenters.